The van der Waals surface area contributed by atoms with Crippen LogP contribution >= 0.6 is 0 Å². The van der Waals surface area contributed by atoms with Gasteiger partial charge in [0, 0.05) is 32.1 Å². The van der Waals surface area contributed by atoms with Crippen LogP contribution in [0, 0.1) is 12.7 Å². The van der Waals surface area contributed by atoms with Gasteiger partial charge in [0.25, 0.3) is 0 Å². The molecular formula is C18H18FN3O. The minimum Gasteiger partial charge on any atom is -0.347 e. The largest absolute Gasteiger partial charge is 0.347 e. The van der Waals surface area contributed by atoms with Crippen molar-refractivity contribution in [3.05, 3.63) is 54.1 Å². The number of aryl methyl sites for hydroxylation is 1. The first-order valence-corrected chi connectivity index (χ1v) is 7.37. The Labute approximate surface area is 134 Å². The van der Waals surface area contributed by atoms with Crippen molar-refractivity contribution in [3.8, 4) is 11.1 Å². The van der Waals surface area contributed by atoms with Crippen molar-refractivity contribution < 1.29 is 9.18 Å². The highest BCUT2D eigenvalue weighted by Crippen LogP contribution is 2.25. The number of likely N-dealkylation sites (N-methyl/N-ethyl adjacent to an activating group) is 1. The molecule has 0 aliphatic rings. The molecule has 5 heteroatoms. The molecule has 0 bridgehead atoms. The van der Waals surface area contributed by atoms with Gasteiger partial charge in [-0.05, 0) is 18.6 Å². The Hall–Kier alpha value is -2.69. The lowest BCUT2D eigenvalue weighted by Gasteiger charge is -2.11. The molecule has 23 heavy (non-hydrogen) atoms. The van der Waals surface area contributed by atoms with Crippen molar-refractivity contribution in [2.24, 2.45) is 0 Å². The van der Waals surface area contributed by atoms with Gasteiger partial charge in [-0.15, -0.1) is 0 Å². The third-order valence-corrected chi connectivity index (χ3v) is 3.83. The molecule has 0 aliphatic heterocycles. The first kappa shape index (κ1) is 15.2. The average molecular weight is 311 g/mol. The summed E-state index contributed by atoms with van der Waals surface area (Å²) in [6.45, 7) is 2.11. The van der Waals surface area contributed by atoms with Crippen molar-refractivity contribution in [3.63, 3.8) is 0 Å². The molecule has 1 amide bonds. The number of fused-ring (bicyclic) bond motifs is 1. The van der Waals surface area contributed by atoms with E-state index >= 15 is 0 Å². The standard InChI is InChI=1S/C18H18FN3O/c1-12-5-4-6-13(7-12)14-8-16-18(20-9-14)15(19)10-22(16)11-17(23)21(2)3/h4-10H,11H2,1-3H3. The van der Waals surface area contributed by atoms with Gasteiger partial charge in [-0.25, -0.2) is 4.39 Å². The quantitative estimate of drug-likeness (QED) is 0.745. The summed E-state index contributed by atoms with van der Waals surface area (Å²) >= 11 is 0. The number of carbonyl (C=O) groups is 1. The summed E-state index contributed by atoms with van der Waals surface area (Å²) in [7, 11) is 3.36. The van der Waals surface area contributed by atoms with Crippen molar-refractivity contribution >= 4 is 16.9 Å². The van der Waals surface area contributed by atoms with Gasteiger partial charge in [-0.1, -0.05) is 29.8 Å². The molecule has 0 saturated heterocycles. The number of benzene rings is 1. The lowest BCUT2D eigenvalue weighted by molar-refractivity contribution is -0.129. The molecule has 2 aromatic heterocycles. The van der Waals surface area contributed by atoms with Crippen molar-refractivity contribution in [2.45, 2.75) is 13.5 Å². The fourth-order valence-corrected chi connectivity index (χ4v) is 2.52. The molecule has 2 heterocycles. The average Bonchev–Trinajstić information content (AvgIpc) is 2.83. The Morgan fingerprint density at radius 3 is 2.74 bits per heavy atom. The SMILES string of the molecule is Cc1cccc(-c2cnc3c(F)cn(CC(=O)N(C)C)c3c2)c1. The van der Waals surface area contributed by atoms with Crippen LogP contribution in [-0.4, -0.2) is 34.5 Å². The number of amides is 1. The van der Waals surface area contributed by atoms with E-state index in [1.54, 1.807) is 24.9 Å². The van der Waals surface area contributed by atoms with Crippen molar-refractivity contribution in [1.29, 1.82) is 0 Å². The number of pyridine rings is 1. The van der Waals surface area contributed by atoms with Gasteiger partial charge in [0.15, 0.2) is 5.82 Å². The maximum Gasteiger partial charge on any atom is 0.241 e. The van der Waals surface area contributed by atoms with E-state index in [1.807, 2.05) is 31.2 Å². The molecule has 0 radical (unpaired) electrons. The highest BCUT2D eigenvalue weighted by molar-refractivity contribution is 5.84. The summed E-state index contributed by atoms with van der Waals surface area (Å²) in [5, 5.41) is 0. The number of rotatable bonds is 3. The zero-order chi connectivity index (χ0) is 16.6. The van der Waals surface area contributed by atoms with E-state index in [9.17, 15) is 9.18 Å². The molecule has 0 aliphatic carbocycles. The minimum atomic E-state index is -0.414. The van der Waals surface area contributed by atoms with E-state index < -0.39 is 5.82 Å². The highest BCUT2D eigenvalue weighted by Gasteiger charge is 2.14. The Balaban J connectivity index is 2.09. The van der Waals surface area contributed by atoms with Crippen LogP contribution in [0.2, 0.25) is 0 Å². The van der Waals surface area contributed by atoms with Gasteiger partial charge in [-0.2, -0.15) is 0 Å². The van der Waals surface area contributed by atoms with Gasteiger partial charge in [0.2, 0.25) is 5.91 Å². The Kier molecular flexibility index (Phi) is 3.86. The number of carbonyl (C=O) groups excluding carboxylic acids is 1. The van der Waals surface area contributed by atoms with E-state index in [2.05, 4.69) is 11.1 Å². The summed E-state index contributed by atoms with van der Waals surface area (Å²) in [6, 6.07) is 9.92. The van der Waals surface area contributed by atoms with Gasteiger partial charge >= 0.3 is 0 Å². The zero-order valence-electron chi connectivity index (χ0n) is 13.4. The molecule has 4 nitrogen and oxygen atoms in total. The smallest absolute Gasteiger partial charge is 0.241 e. The summed E-state index contributed by atoms with van der Waals surface area (Å²) in [5.74, 6) is -0.509. The van der Waals surface area contributed by atoms with E-state index in [0.29, 0.717) is 5.52 Å². The summed E-state index contributed by atoms with van der Waals surface area (Å²) < 4.78 is 15.7. The van der Waals surface area contributed by atoms with Gasteiger partial charge in [0.1, 0.15) is 12.1 Å². The molecule has 0 saturated carbocycles. The number of nitrogens with zero attached hydrogens (tertiary/aromatic N) is 3. The number of halogens is 1. The first-order valence-electron chi connectivity index (χ1n) is 7.37. The second-order valence-corrected chi connectivity index (χ2v) is 5.85. The van der Waals surface area contributed by atoms with Crippen LogP contribution in [0.25, 0.3) is 22.2 Å². The van der Waals surface area contributed by atoms with Crippen molar-refractivity contribution in [1.82, 2.24) is 14.5 Å². The molecule has 0 atom stereocenters. The topological polar surface area (TPSA) is 38.1 Å². The zero-order valence-corrected chi connectivity index (χ0v) is 13.4. The predicted molar refractivity (Wildman–Crippen MR) is 88.6 cm³/mol. The molecule has 3 aromatic rings. The third kappa shape index (κ3) is 2.95. The summed E-state index contributed by atoms with van der Waals surface area (Å²) in [5.41, 5.74) is 3.97. The molecule has 3 rings (SSSR count). The Bertz CT molecular complexity index is 883. The van der Waals surface area contributed by atoms with Gasteiger partial charge in [0.05, 0.1) is 5.52 Å². The van der Waals surface area contributed by atoms with Crippen LogP contribution in [0.4, 0.5) is 4.39 Å². The normalized spacial score (nSPS) is 11.0. The van der Waals surface area contributed by atoms with Crippen LogP contribution in [0.1, 0.15) is 5.56 Å². The number of hydrogen-bond donors (Lipinski definition) is 0. The first-order chi connectivity index (χ1) is 11.0. The molecule has 118 valence electrons. The fourth-order valence-electron chi connectivity index (χ4n) is 2.52. The van der Waals surface area contributed by atoms with E-state index in [-0.39, 0.29) is 18.0 Å². The predicted octanol–water partition coefficient (Wildman–Crippen LogP) is 3.24. The maximum absolute atomic E-state index is 14.0. The number of hydrogen-bond acceptors (Lipinski definition) is 2. The third-order valence-electron chi connectivity index (χ3n) is 3.83. The second kappa shape index (κ2) is 5.83. The molecule has 0 fully saturated rings. The van der Waals surface area contributed by atoms with Gasteiger partial charge < -0.3 is 9.47 Å². The fraction of sp³-hybridized carbons (Fsp3) is 0.222. The minimum absolute atomic E-state index is 0.0897. The Morgan fingerprint density at radius 1 is 1.26 bits per heavy atom. The van der Waals surface area contributed by atoms with E-state index in [0.717, 1.165) is 16.7 Å². The van der Waals surface area contributed by atoms with Crippen LogP contribution in [0.15, 0.2) is 42.7 Å². The molecular weight excluding hydrogens is 293 g/mol. The summed E-state index contributed by atoms with van der Waals surface area (Å²) in [4.78, 5) is 17.7. The summed E-state index contributed by atoms with van der Waals surface area (Å²) in [6.07, 6.45) is 3.00. The monoisotopic (exact) mass is 311 g/mol. The molecule has 0 spiro atoms. The maximum atomic E-state index is 14.0. The molecule has 0 N–H and O–H groups in total. The Morgan fingerprint density at radius 2 is 2.04 bits per heavy atom. The van der Waals surface area contributed by atoms with Crippen LogP contribution in [0.5, 0.6) is 0 Å². The van der Waals surface area contributed by atoms with Gasteiger partial charge in [-0.3, -0.25) is 9.78 Å². The lowest BCUT2D eigenvalue weighted by Crippen LogP contribution is -2.25. The second-order valence-electron chi connectivity index (χ2n) is 5.85. The van der Waals surface area contributed by atoms with E-state index in [1.165, 1.54) is 11.1 Å². The highest BCUT2D eigenvalue weighted by atomic mass is 19.1. The van der Waals surface area contributed by atoms with Crippen molar-refractivity contribution in [2.75, 3.05) is 14.1 Å². The molecule has 1 aromatic carbocycles. The van der Waals surface area contributed by atoms with Crippen LogP contribution in [0.3, 0.4) is 0 Å². The number of aromatic nitrogens is 2. The van der Waals surface area contributed by atoms with E-state index in [4.69, 9.17) is 0 Å². The molecule has 0 unspecified atom stereocenters. The van der Waals surface area contributed by atoms with Crippen LogP contribution < -0.4 is 0 Å². The lowest BCUT2D eigenvalue weighted by atomic mass is 10.1. The van der Waals surface area contributed by atoms with Crippen LogP contribution in [-0.2, 0) is 11.3 Å².